The Balaban J connectivity index is 1.59. The van der Waals surface area contributed by atoms with Crippen molar-refractivity contribution in [2.75, 3.05) is 26.7 Å². The molecule has 1 N–H and O–H groups in total. The normalized spacial score (nSPS) is 22.3. The van der Waals surface area contributed by atoms with Crippen LogP contribution in [0.2, 0.25) is 0 Å². The van der Waals surface area contributed by atoms with Crippen molar-refractivity contribution in [1.82, 2.24) is 20.0 Å². The molecule has 15 heavy (non-hydrogen) atoms. The molecule has 1 atom stereocenters. The van der Waals surface area contributed by atoms with E-state index < -0.39 is 0 Å². The average Bonchev–Trinajstić information content (AvgIpc) is 2.85. The SMILES string of the molecule is CN1CCCC1CNCCn1cccn1. The maximum absolute atomic E-state index is 4.17. The van der Waals surface area contributed by atoms with Crippen LogP contribution in [0.1, 0.15) is 12.8 Å². The van der Waals surface area contributed by atoms with Crippen LogP contribution in [-0.4, -0.2) is 47.4 Å². The van der Waals surface area contributed by atoms with E-state index in [1.807, 2.05) is 23.1 Å². The van der Waals surface area contributed by atoms with Crippen molar-refractivity contribution in [3.63, 3.8) is 0 Å². The van der Waals surface area contributed by atoms with Crippen molar-refractivity contribution in [2.24, 2.45) is 0 Å². The minimum atomic E-state index is 0.739. The molecular weight excluding hydrogens is 188 g/mol. The number of hydrogen-bond acceptors (Lipinski definition) is 3. The molecule has 0 radical (unpaired) electrons. The molecule has 0 spiro atoms. The summed E-state index contributed by atoms with van der Waals surface area (Å²) in [4.78, 5) is 2.45. The number of rotatable bonds is 5. The van der Waals surface area contributed by atoms with E-state index in [2.05, 4.69) is 22.4 Å². The Morgan fingerprint density at radius 1 is 1.53 bits per heavy atom. The molecule has 1 saturated heterocycles. The predicted molar refractivity (Wildman–Crippen MR) is 60.7 cm³/mol. The molecule has 84 valence electrons. The fraction of sp³-hybridized carbons (Fsp3) is 0.727. The standard InChI is InChI=1S/C11H20N4/c1-14-7-2-4-11(14)10-12-6-9-15-8-3-5-13-15/h3,5,8,11-12H,2,4,6-7,9-10H2,1H3. The van der Waals surface area contributed by atoms with E-state index in [1.165, 1.54) is 19.4 Å². The Kier molecular flexibility index (Phi) is 3.75. The van der Waals surface area contributed by atoms with Gasteiger partial charge >= 0.3 is 0 Å². The number of likely N-dealkylation sites (tertiary alicyclic amines) is 1. The number of nitrogens with zero attached hydrogens (tertiary/aromatic N) is 3. The van der Waals surface area contributed by atoms with Crippen LogP contribution in [0.15, 0.2) is 18.5 Å². The molecule has 0 bridgehead atoms. The van der Waals surface area contributed by atoms with Crippen LogP contribution in [0.4, 0.5) is 0 Å². The molecule has 0 amide bonds. The van der Waals surface area contributed by atoms with E-state index in [-0.39, 0.29) is 0 Å². The summed E-state index contributed by atoms with van der Waals surface area (Å²) in [5.41, 5.74) is 0. The van der Waals surface area contributed by atoms with Gasteiger partial charge in [0.05, 0.1) is 6.54 Å². The molecular formula is C11H20N4. The van der Waals surface area contributed by atoms with Crippen molar-refractivity contribution in [3.8, 4) is 0 Å². The van der Waals surface area contributed by atoms with Crippen LogP contribution < -0.4 is 5.32 Å². The van der Waals surface area contributed by atoms with E-state index in [9.17, 15) is 0 Å². The van der Waals surface area contributed by atoms with Crippen LogP contribution in [0.25, 0.3) is 0 Å². The Labute approximate surface area is 91.3 Å². The monoisotopic (exact) mass is 208 g/mol. The van der Waals surface area contributed by atoms with Crippen molar-refractivity contribution in [1.29, 1.82) is 0 Å². The summed E-state index contributed by atoms with van der Waals surface area (Å²) in [6.45, 7) is 4.33. The van der Waals surface area contributed by atoms with Gasteiger partial charge in [0.25, 0.3) is 0 Å². The average molecular weight is 208 g/mol. The highest BCUT2D eigenvalue weighted by Crippen LogP contribution is 2.13. The van der Waals surface area contributed by atoms with Gasteiger partial charge in [0, 0.05) is 31.5 Å². The van der Waals surface area contributed by atoms with Crippen LogP contribution in [-0.2, 0) is 6.54 Å². The zero-order chi connectivity index (χ0) is 10.5. The van der Waals surface area contributed by atoms with Crippen LogP contribution in [0.5, 0.6) is 0 Å². The summed E-state index contributed by atoms with van der Waals surface area (Å²) in [7, 11) is 2.22. The first-order valence-corrected chi connectivity index (χ1v) is 5.74. The first-order chi connectivity index (χ1) is 7.36. The Bertz CT molecular complexity index is 270. The molecule has 0 aliphatic carbocycles. The molecule has 4 heteroatoms. The van der Waals surface area contributed by atoms with Crippen molar-refractivity contribution < 1.29 is 0 Å². The zero-order valence-electron chi connectivity index (χ0n) is 9.39. The fourth-order valence-corrected chi connectivity index (χ4v) is 2.13. The van der Waals surface area contributed by atoms with Gasteiger partial charge in [0.15, 0.2) is 0 Å². The van der Waals surface area contributed by atoms with Crippen molar-refractivity contribution in [3.05, 3.63) is 18.5 Å². The molecule has 0 aromatic carbocycles. The molecule has 2 rings (SSSR count). The smallest absolute Gasteiger partial charge is 0.0533 e. The van der Waals surface area contributed by atoms with Gasteiger partial charge in [-0.25, -0.2) is 0 Å². The largest absolute Gasteiger partial charge is 0.313 e. The minimum absolute atomic E-state index is 0.739. The summed E-state index contributed by atoms with van der Waals surface area (Å²) in [6.07, 6.45) is 6.52. The summed E-state index contributed by atoms with van der Waals surface area (Å²) in [6, 6.07) is 2.70. The Hall–Kier alpha value is -0.870. The van der Waals surface area contributed by atoms with Gasteiger partial charge in [-0.15, -0.1) is 0 Å². The summed E-state index contributed by atoms with van der Waals surface area (Å²) < 4.78 is 1.96. The summed E-state index contributed by atoms with van der Waals surface area (Å²) >= 11 is 0. The van der Waals surface area contributed by atoms with E-state index in [1.54, 1.807) is 0 Å². The first-order valence-electron chi connectivity index (χ1n) is 5.74. The van der Waals surface area contributed by atoms with Gasteiger partial charge in [-0.1, -0.05) is 0 Å². The minimum Gasteiger partial charge on any atom is -0.313 e. The van der Waals surface area contributed by atoms with E-state index >= 15 is 0 Å². The third kappa shape index (κ3) is 3.04. The van der Waals surface area contributed by atoms with E-state index in [0.717, 1.165) is 25.7 Å². The molecule has 4 nitrogen and oxygen atoms in total. The first kappa shape index (κ1) is 10.6. The third-order valence-electron chi connectivity index (χ3n) is 3.13. The highest BCUT2D eigenvalue weighted by molar-refractivity contribution is 4.79. The maximum atomic E-state index is 4.17. The van der Waals surface area contributed by atoms with Gasteiger partial charge < -0.3 is 10.2 Å². The van der Waals surface area contributed by atoms with Gasteiger partial charge in [-0.2, -0.15) is 5.10 Å². The van der Waals surface area contributed by atoms with Crippen LogP contribution in [0.3, 0.4) is 0 Å². The lowest BCUT2D eigenvalue weighted by Gasteiger charge is -2.19. The molecule has 1 aliphatic heterocycles. The Morgan fingerprint density at radius 3 is 3.13 bits per heavy atom. The summed E-state index contributed by atoms with van der Waals surface area (Å²) in [5.74, 6) is 0. The third-order valence-corrected chi connectivity index (χ3v) is 3.13. The second-order valence-corrected chi connectivity index (χ2v) is 4.25. The van der Waals surface area contributed by atoms with Gasteiger partial charge in [0.2, 0.25) is 0 Å². The molecule has 1 aromatic heterocycles. The maximum Gasteiger partial charge on any atom is 0.0533 e. The zero-order valence-corrected chi connectivity index (χ0v) is 9.39. The highest BCUT2D eigenvalue weighted by atomic mass is 15.3. The molecule has 0 saturated carbocycles. The number of nitrogens with one attached hydrogen (secondary N) is 1. The fourth-order valence-electron chi connectivity index (χ4n) is 2.13. The van der Waals surface area contributed by atoms with E-state index in [0.29, 0.717) is 0 Å². The van der Waals surface area contributed by atoms with Crippen LogP contribution >= 0.6 is 0 Å². The van der Waals surface area contributed by atoms with Crippen LogP contribution in [0, 0.1) is 0 Å². The van der Waals surface area contributed by atoms with Crippen molar-refractivity contribution >= 4 is 0 Å². The number of aromatic nitrogens is 2. The lowest BCUT2D eigenvalue weighted by molar-refractivity contribution is 0.299. The lowest BCUT2D eigenvalue weighted by atomic mass is 10.2. The van der Waals surface area contributed by atoms with Gasteiger partial charge in [-0.05, 0) is 32.5 Å². The van der Waals surface area contributed by atoms with E-state index in [4.69, 9.17) is 0 Å². The van der Waals surface area contributed by atoms with Gasteiger partial charge in [0.1, 0.15) is 0 Å². The second kappa shape index (κ2) is 5.28. The predicted octanol–water partition coefficient (Wildman–Crippen LogP) is 0.567. The second-order valence-electron chi connectivity index (χ2n) is 4.25. The summed E-state index contributed by atoms with van der Waals surface area (Å²) in [5, 5.41) is 7.66. The molecule has 1 unspecified atom stereocenters. The molecule has 1 aromatic rings. The molecule has 1 fully saturated rings. The number of hydrogen-bond donors (Lipinski definition) is 1. The number of likely N-dealkylation sites (N-methyl/N-ethyl adjacent to an activating group) is 1. The lowest BCUT2D eigenvalue weighted by Crippen LogP contribution is -2.36. The topological polar surface area (TPSA) is 33.1 Å². The highest BCUT2D eigenvalue weighted by Gasteiger charge is 2.19. The van der Waals surface area contributed by atoms with Gasteiger partial charge in [-0.3, -0.25) is 4.68 Å². The Morgan fingerprint density at radius 2 is 2.47 bits per heavy atom. The quantitative estimate of drug-likeness (QED) is 0.718. The van der Waals surface area contributed by atoms with Crippen molar-refractivity contribution in [2.45, 2.75) is 25.4 Å². The molecule has 1 aliphatic rings. The molecule has 2 heterocycles.